The summed E-state index contributed by atoms with van der Waals surface area (Å²) in [4.78, 5) is 14.7. The van der Waals surface area contributed by atoms with Crippen molar-refractivity contribution in [3.05, 3.63) is 65.7 Å². The number of alkyl halides is 3. The van der Waals surface area contributed by atoms with Crippen LogP contribution >= 0.6 is 0 Å². The summed E-state index contributed by atoms with van der Waals surface area (Å²) in [5.74, 6) is -2.38. The van der Waals surface area contributed by atoms with Gasteiger partial charge in [-0.3, -0.25) is 0 Å². The van der Waals surface area contributed by atoms with Crippen molar-refractivity contribution in [1.82, 2.24) is 14.8 Å². The van der Waals surface area contributed by atoms with E-state index >= 15 is 0 Å². The minimum absolute atomic E-state index is 0.0997. The summed E-state index contributed by atoms with van der Waals surface area (Å²) in [6.45, 7) is -0.242. The molecule has 7 nitrogen and oxygen atoms in total. The first kappa shape index (κ1) is 19.1. The Hall–Kier alpha value is -3.63. The minimum atomic E-state index is -4.78. The summed E-state index contributed by atoms with van der Waals surface area (Å²) < 4.78 is 60.6. The number of aromatic carboxylic acids is 1. The molecule has 0 saturated carbocycles. The van der Waals surface area contributed by atoms with Gasteiger partial charge >= 0.3 is 18.3 Å². The van der Waals surface area contributed by atoms with E-state index in [2.05, 4.69) is 14.8 Å². The van der Waals surface area contributed by atoms with Crippen molar-refractivity contribution in [2.75, 3.05) is 0 Å². The van der Waals surface area contributed by atoms with Crippen LogP contribution in [0.2, 0.25) is 0 Å². The van der Waals surface area contributed by atoms with Crippen LogP contribution in [0.5, 0.6) is 11.8 Å². The predicted octanol–water partition coefficient (Wildman–Crippen LogP) is 3.58. The molecule has 0 radical (unpaired) electrons. The lowest BCUT2D eigenvalue weighted by Gasteiger charge is -2.09. The summed E-state index contributed by atoms with van der Waals surface area (Å²) in [5.41, 5.74) is 0.311. The molecule has 3 aromatic rings. The van der Waals surface area contributed by atoms with Gasteiger partial charge in [0.15, 0.2) is 0 Å². The SMILES string of the molecule is O=C(O)c1ccc(COc2ncn(-c3ccc(OC(F)(F)F)cc3)n2)c(F)c1. The van der Waals surface area contributed by atoms with Gasteiger partial charge < -0.3 is 14.6 Å². The number of carbonyl (C=O) groups is 1. The fraction of sp³-hybridized carbons (Fsp3) is 0.118. The predicted molar refractivity (Wildman–Crippen MR) is 85.7 cm³/mol. The van der Waals surface area contributed by atoms with Crippen molar-refractivity contribution in [3.8, 4) is 17.4 Å². The van der Waals surface area contributed by atoms with Crippen molar-refractivity contribution in [2.24, 2.45) is 0 Å². The van der Waals surface area contributed by atoms with E-state index in [4.69, 9.17) is 9.84 Å². The number of carboxylic acid groups (broad SMARTS) is 1. The third kappa shape index (κ3) is 4.75. The molecule has 0 bridgehead atoms. The number of hydrogen-bond acceptors (Lipinski definition) is 5. The Bertz CT molecular complexity index is 987. The summed E-state index contributed by atoms with van der Waals surface area (Å²) in [6.07, 6.45) is -3.52. The van der Waals surface area contributed by atoms with E-state index < -0.39 is 18.1 Å². The van der Waals surface area contributed by atoms with Crippen molar-refractivity contribution in [3.63, 3.8) is 0 Å². The fourth-order valence-electron chi connectivity index (χ4n) is 2.18. The maximum absolute atomic E-state index is 13.9. The van der Waals surface area contributed by atoms with Gasteiger partial charge in [0.2, 0.25) is 0 Å². The van der Waals surface area contributed by atoms with E-state index in [1.807, 2.05) is 0 Å². The van der Waals surface area contributed by atoms with E-state index in [1.165, 1.54) is 35.3 Å². The Kier molecular flexibility index (Phi) is 5.16. The van der Waals surface area contributed by atoms with E-state index in [0.717, 1.165) is 18.2 Å². The highest BCUT2D eigenvalue weighted by Gasteiger charge is 2.31. The smallest absolute Gasteiger partial charge is 0.478 e. The molecule has 0 aliphatic carbocycles. The molecule has 0 saturated heterocycles. The second-order valence-corrected chi connectivity index (χ2v) is 5.41. The second kappa shape index (κ2) is 7.55. The van der Waals surface area contributed by atoms with Crippen LogP contribution in [0.1, 0.15) is 15.9 Å². The maximum atomic E-state index is 13.9. The molecule has 0 aliphatic heterocycles. The topological polar surface area (TPSA) is 86.5 Å². The van der Waals surface area contributed by atoms with Crippen LogP contribution in [-0.2, 0) is 6.61 Å². The Labute approximate surface area is 154 Å². The lowest BCUT2D eigenvalue weighted by molar-refractivity contribution is -0.274. The normalized spacial score (nSPS) is 11.3. The zero-order valence-electron chi connectivity index (χ0n) is 13.9. The second-order valence-electron chi connectivity index (χ2n) is 5.41. The standard InChI is InChI=1S/C17H11F4N3O4/c18-14-7-10(15(25)26)1-2-11(14)8-27-16-22-9-24(23-16)12-3-5-13(6-4-12)28-17(19,20)21/h1-7,9H,8H2,(H,25,26). The third-order valence-corrected chi connectivity index (χ3v) is 3.46. The van der Waals surface area contributed by atoms with Crippen LogP contribution in [0.3, 0.4) is 0 Å². The quantitative estimate of drug-likeness (QED) is 0.640. The molecule has 1 N–H and O–H groups in total. The summed E-state index contributed by atoms with van der Waals surface area (Å²) in [6, 6.07) is 8.19. The lowest BCUT2D eigenvalue weighted by Crippen LogP contribution is -2.17. The molecule has 0 aliphatic rings. The van der Waals surface area contributed by atoms with Gasteiger partial charge in [-0.2, -0.15) is 4.98 Å². The van der Waals surface area contributed by atoms with Gasteiger partial charge in [0.05, 0.1) is 11.3 Å². The van der Waals surface area contributed by atoms with E-state index in [9.17, 15) is 22.4 Å². The highest BCUT2D eigenvalue weighted by Crippen LogP contribution is 2.23. The molecule has 0 amide bonds. The molecule has 146 valence electrons. The number of hydrogen-bond donors (Lipinski definition) is 1. The molecule has 3 rings (SSSR count). The van der Waals surface area contributed by atoms with Crippen LogP contribution < -0.4 is 9.47 Å². The summed E-state index contributed by atoms with van der Waals surface area (Å²) in [5, 5.41) is 12.8. The summed E-state index contributed by atoms with van der Waals surface area (Å²) in [7, 11) is 0. The van der Waals surface area contributed by atoms with Crippen molar-refractivity contribution in [1.29, 1.82) is 0 Å². The molecule has 1 heterocycles. The average Bonchev–Trinajstić information content (AvgIpc) is 3.09. The maximum Gasteiger partial charge on any atom is 0.573 e. The van der Waals surface area contributed by atoms with Gasteiger partial charge in [-0.05, 0) is 36.4 Å². The Balaban J connectivity index is 1.65. The van der Waals surface area contributed by atoms with E-state index in [0.29, 0.717) is 5.69 Å². The zero-order chi connectivity index (χ0) is 20.3. The number of rotatable bonds is 6. The highest BCUT2D eigenvalue weighted by atomic mass is 19.4. The minimum Gasteiger partial charge on any atom is -0.478 e. The Morgan fingerprint density at radius 2 is 1.86 bits per heavy atom. The number of halogens is 4. The molecule has 2 aromatic carbocycles. The highest BCUT2D eigenvalue weighted by molar-refractivity contribution is 5.87. The largest absolute Gasteiger partial charge is 0.573 e. The van der Waals surface area contributed by atoms with Crippen LogP contribution in [-0.4, -0.2) is 32.2 Å². The van der Waals surface area contributed by atoms with Crippen molar-refractivity contribution >= 4 is 5.97 Å². The lowest BCUT2D eigenvalue weighted by atomic mass is 10.1. The van der Waals surface area contributed by atoms with Crippen molar-refractivity contribution < 1.29 is 36.9 Å². The first-order valence-corrected chi connectivity index (χ1v) is 7.63. The average molecular weight is 397 g/mol. The number of benzene rings is 2. The van der Waals surface area contributed by atoms with Crippen LogP contribution in [0, 0.1) is 5.82 Å². The molecule has 0 unspecified atom stereocenters. The fourth-order valence-corrected chi connectivity index (χ4v) is 2.18. The molecule has 0 spiro atoms. The van der Waals surface area contributed by atoms with Gasteiger partial charge in [-0.1, -0.05) is 6.07 Å². The van der Waals surface area contributed by atoms with Crippen molar-refractivity contribution in [2.45, 2.75) is 13.0 Å². The molecule has 0 atom stereocenters. The van der Waals surface area contributed by atoms with Gasteiger partial charge in [-0.25, -0.2) is 13.9 Å². The molecule has 0 fully saturated rings. The molecular formula is C17H11F4N3O4. The number of nitrogens with zero attached hydrogens (tertiary/aromatic N) is 3. The number of aromatic nitrogens is 3. The molecule has 1 aromatic heterocycles. The first-order valence-electron chi connectivity index (χ1n) is 7.63. The van der Waals surface area contributed by atoms with Gasteiger partial charge in [0, 0.05) is 5.56 Å². The number of ether oxygens (including phenoxy) is 2. The Morgan fingerprint density at radius 1 is 1.14 bits per heavy atom. The third-order valence-electron chi connectivity index (χ3n) is 3.46. The van der Waals surface area contributed by atoms with Crippen LogP contribution in [0.15, 0.2) is 48.8 Å². The van der Waals surface area contributed by atoms with Gasteiger partial charge in [-0.15, -0.1) is 18.3 Å². The van der Waals surface area contributed by atoms with Gasteiger partial charge in [0.25, 0.3) is 0 Å². The molecule has 28 heavy (non-hydrogen) atoms. The Morgan fingerprint density at radius 3 is 2.46 bits per heavy atom. The molecule has 11 heteroatoms. The van der Waals surface area contributed by atoms with E-state index in [-0.39, 0.29) is 29.5 Å². The zero-order valence-corrected chi connectivity index (χ0v) is 13.9. The van der Waals surface area contributed by atoms with E-state index in [1.54, 1.807) is 0 Å². The monoisotopic (exact) mass is 397 g/mol. The van der Waals surface area contributed by atoms with Gasteiger partial charge in [0.1, 0.15) is 24.5 Å². The first-order chi connectivity index (χ1) is 13.2. The summed E-state index contributed by atoms with van der Waals surface area (Å²) >= 11 is 0. The van der Waals surface area contributed by atoms with Crippen LogP contribution in [0.4, 0.5) is 17.6 Å². The molecular weight excluding hydrogens is 386 g/mol. The van der Waals surface area contributed by atoms with Crippen LogP contribution in [0.25, 0.3) is 5.69 Å². The number of carboxylic acids is 1.